The van der Waals surface area contributed by atoms with Gasteiger partial charge in [0.2, 0.25) is 11.8 Å². The highest BCUT2D eigenvalue weighted by Gasteiger charge is 2.35. The average Bonchev–Trinajstić information content (AvgIpc) is 3.27. The van der Waals surface area contributed by atoms with E-state index in [0.717, 1.165) is 31.4 Å². The van der Waals surface area contributed by atoms with Gasteiger partial charge in [0, 0.05) is 24.7 Å². The molecule has 0 saturated heterocycles. The van der Waals surface area contributed by atoms with E-state index in [9.17, 15) is 14.7 Å². The van der Waals surface area contributed by atoms with Crippen LogP contribution in [0.1, 0.15) is 53.7 Å². The molecule has 0 aromatic carbocycles. The molecule has 8 heteroatoms. The highest BCUT2D eigenvalue weighted by molar-refractivity contribution is 5.98. The van der Waals surface area contributed by atoms with Gasteiger partial charge in [0.15, 0.2) is 0 Å². The Bertz CT molecular complexity index is 688. The van der Waals surface area contributed by atoms with E-state index in [0.29, 0.717) is 29.6 Å². The van der Waals surface area contributed by atoms with Gasteiger partial charge in [-0.1, -0.05) is 12.8 Å². The van der Waals surface area contributed by atoms with Crippen LogP contribution in [0.4, 0.5) is 0 Å². The van der Waals surface area contributed by atoms with Gasteiger partial charge in [-0.2, -0.15) is 0 Å². The number of amides is 2. The summed E-state index contributed by atoms with van der Waals surface area (Å²) in [6, 6.07) is 2.06. The van der Waals surface area contributed by atoms with Gasteiger partial charge in [-0.15, -0.1) is 0 Å². The Balaban J connectivity index is 1.73. The predicted molar refractivity (Wildman–Crippen MR) is 94.4 cm³/mol. The van der Waals surface area contributed by atoms with Gasteiger partial charge in [0.05, 0.1) is 37.4 Å². The number of aliphatic hydroxyl groups excluding tert-OH is 1. The third-order valence-electron chi connectivity index (χ3n) is 5.08. The Morgan fingerprint density at radius 3 is 2.88 bits per heavy atom. The maximum Gasteiger partial charge on any atom is 0.256 e. The first-order valence-corrected chi connectivity index (χ1v) is 9.06. The molecule has 1 aromatic heterocycles. The fraction of sp³-hybridized carbons (Fsp3) is 0.611. The average molecular weight is 362 g/mol. The molecule has 2 heterocycles. The Kier molecular flexibility index (Phi) is 5.73. The molecule has 0 spiro atoms. The summed E-state index contributed by atoms with van der Waals surface area (Å²) >= 11 is 0. The van der Waals surface area contributed by atoms with Crippen molar-refractivity contribution in [2.24, 2.45) is 5.73 Å². The number of ether oxygens (including phenoxy) is 1. The van der Waals surface area contributed by atoms with Gasteiger partial charge in [-0.05, 0) is 18.9 Å². The molecule has 0 bridgehead atoms. The number of pyridine rings is 1. The van der Waals surface area contributed by atoms with Gasteiger partial charge in [0.1, 0.15) is 0 Å². The largest absolute Gasteiger partial charge is 0.481 e. The molecule has 1 atom stereocenters. The topological polar surface area (TPSA) is 118 Å². The van der Waals surface area contributed by atoms with E-state index in [1.807, 2.05) is 4.90 Å². The van der Waals surface area contributed by atoms with E-state index < -0.39 is 6.10 Å². The smallest absolute Gasteiger partial charge is 0.256 e. The normalized spacial score (nSPS) is 18.1. The number of carbonyl (C=O) groups is 2. The van der Waals surface area contributed by atoms with E-state index in [1.54, 1.807) is 6.07 Å². The molecule has 8 nitrogen and oxygen atoms in total. The number of nitrogens with two attached hydrogens (primary N) is 1. The lowest BCUT2D eigenvalue weighted by Crippen LogP contribution is -2.33. The number of fused-ring (bicyclic) bond motifs is 1. The summed E-state index contributed by atoms with van der Waals surface area (Å²) in [5, 5.41) is 12.2. The van der Waals surface area contributed by atoms with Crippen molar-refractivity contribution >= 4 is 11.8 Å². The number of carbonyl (C=O) groups excluding carboxylic acids is 2. The van der Waals surface area contributed by atoms with E-state index in [4.69, 9.17) is 10.5 Å². The zero-order chi connectivity index (χ0) is 18.7. The fourth-order valence-corrected chi connectivity index (χ4v) is 3.65. The van der Waals surface area contributed by atoms with Crippen LogP contribution in [0.2, 0.25) is 0 Å². The molecule has 142 valence electrons. The molecule has 4 N–H and O–H groups in total. The van der Waals surface area contributed by atoms with Crippen LogP contribution in [0, 0.1) is 0 Å². The third-order valence-corrected chi connectivity index (χ3v) is 5.08. The summed E-state index contributed by atoms with van der Waals surface area (Å²) in [7, 11) is 1.52. The van der Waals surface area contributed by atoms with Crippen molar-refractivity contribution in [3.63, 3.8) is 0 Å². The number of rotatable bonds is 7. The zero-order valence-corrected chi connectivity index (χ0v) is 15.0. The van der Waals surface area contributed by atoms with Gasteiger partial charge >= 0.3 is 0 Å². The molecule has 1 aliphatic heterocycles. The number of nitrogens with zero attached hydrogens (tertiary/aromatic N) is 2. The lowest BCUT2D eigenvalue weighted by molar-refractivity contribution is -0.123. The van der Waals surface area contributed by atoms with Crippen LogP contribution >= 0.6 is 0 Å². The number of nitrogens with one attached hydrogen (secondary N) is 1. The van der Waals surface area contributed by atoms with E-state index >= 15 is 0 Å². The van der Waals surface area contributed by atoms with Crippen molar-refractivity contribution in [1.29, 1.82) is 0 Å². The maximum atomic E-state index is 12.8. The summed E-state index contributed by atoms with van der Waals surface area (Å²) in [5.41, 5.74) is 7.27. The number of aliphatic hydroxyl groups is 1. The van der Waals surface area contributed by atoms with Crippen LogP contribution in [0.25, 0.3) is 0 Å². The second-order valence-corrected chi connectivity index (χ2v) is 6.89. The molecule has 1 saturated carbocycles. The minimum Gasteiger partial charge on any atom is -0.481 e. The first-order chi connectivity index (χ1) is 12.5. The molecule has 3 rings (SSSR count). The summed E-state index contributed by atoms with van der Waals surface area (Å²) in [4.78, 5) is 31.0. The maximum absolute atomic E-state index is 12.8. The highest BCUT2D eigenvalue weighted by Crippen LogP contribution is 2.33. The van der Waals surface area contributed by atoms with E-state index in [-0.39, 0.29) is 31.3 Å². The lowest BCUT2D eigenvalue weighted by atomic mass is 10.1. The summed E-state index contributed by atoms with van der Waals surface area (Å²) in [6.07, 6.45) is 3.48. The molecular weight excluding hydrogens is 336 g/mol. The van der Waals surface area contributed by atoms with Crippen molar-refractivity contribution in [1.82, 2.24) is 15.2 Å². The van der Waals surface area contributed by atoms with Crippen molar-refractivity contribution in [2.45, 2.75) is 57.3 Å². The Morgan fingerprint density at radius 2 is 2.23 bits per heavy atom. The van der Waals surface area contributed by atoms with Crippen LogP contribution in [0.3, 0.4) is 0 Å². The third kappa shape index (κ3) is 3.81. The van der Waals surface area contributed by atoms with Crippen LogP contribution in [0.5, 0.6) is 5.88 Å². The summed E-state index contributed by atoms with van der Waals surface area (Å²) in [6.45, 7) is 0.726. The minimum absolute atomic E-state index is 0.00758. The first kappa shape index (κ1) is 18.6. The fourth-order valence-electron chi connectivity index (χ4n) is 3.65. The molecule has 2 aliphatic rings. The first-order valence-electron chi connectivity index (χ1n) is 9.06. The highest BCUT2D eigenvalue weighted by atomic mass is 16.5. The van der Waals surface area contributed by atoms with Crippen molar-refractivity contribution in [2.75, 3.05) is 13.7 Å². The van der Waals surface area contributed by atoms with Crippen molar-refractivity contribution in [3.8, 4) is 5.88 Å². The van der Waals surface area contributed by atoms with Crippen LogP contribution < -0.4 is 15.8 Å². The van der Waals surface area contributed by atoms with Gasteiger partial charge in [-0.25, -0.2) is 4.98 Å². The van der Waals surface area contributed by atoms with Crippen LogP contribution in [-0.4, -0.2) is 52.6 Å². The number of aromatic nitrogens is 1. The molecule has 0 radical (unpaired) electrons. The van der Waals surface area contributed by atoms with Gasteiger partial charge in [-0.3, -0.25) is 9.59 Å². The number of methoxy groups -OCH3 is 1. The Labute approximate surface area is 152 Å². The molecule has 1 unspecified atom stereocenters. The Morgan fingerprint density at radius 1 is 1.50 bits per heavy atom. The molecule has 26 heavy (non-hydrogen) atoms. The minimum atomic E-state index is -0.864. The second-order valence-electron chi connectivity index (χ2n) is 6.89. The summed E-state index contributed by atoms with van der Waals surface area (Å²) < 4.78 is 5.34. The van der Waals surface area contributed by atoms with Crippen molar-refractivity contribution < 1.29 is 19.4 Å². The second kappa shape index (κ2) is 8.01. The SMILES string of the molecule is COc1nc2c(cc1CNC(=O)CC(O)CN)C(=O)N(C1CCCC1)C2. The molecule has 1 fully saturated rings. The summed E-state index contributed by atoms with van der Waals surface area (Å²) in [5.74, 6) is 0.0992. The van der Waals surface area contributed by atoms with Crippen LogP contribution in [-0.2, 0) is 17.9 Å². The quantitative estimate of drug-likeness (QED) is 0.643. The monoisotopic (exact) mass is 362 g/mol. The standard InChI is InChI=1S/C18H26N4O4/c1-26-17-11(9-20-16(24)7-13(23)8-19)6-14-15(21-17)10-22(18(14)25)12-4-2-3-5-12/h6,12-13,23H,2-5,7-10,19H2,1H3,(H,20,24). The number of hydrogen-bond donors (Lipinski definition) is 3. The van der Waals surface area contributed by atoms with Gasteiger partial charge in [0.25, 0.3) is 5.91 Å². The van der Waals surface area contributed by atoms with E-state index in [1.165, 1.54) is 7.11 Å². The molecule has 2 amide bonds. The molecule has 1 aliphatic carbocycles. The van der Waals surface area contributed by atoms with Gasteiger partial charge < -0.3 is 25.8 Å². The Hall–Kier alpha value is -2.19. The van der Waals surface area contributed by atoms with Crippen LogP contribution in [0.15, 0.2) is 6.07 Å². The van der Waals surface area contributed by atoms with Crippen molar-refractivity contribution in [3.05, 3.63) is 22.9 Å². The predicted octanol–water partition coefficient (Wildman–Crippen LogP) is 0.315. The molecule has 1 aromatic rings. The molecular formula is C18H26N4O4. The lowest BCUT2D eigenvalue weighted by Gasteiger charge is -2.22. The number of hydrogen-bond acceptors (Lipinski definition) is 6. The zero-order valence-electron chi connectivity index (χ0n) is 15.0. The van der Waals surface area contributed by atoms with E-state index in [2.05, 4.69) is 10.3 Å².